The number of morpholine rings is 1. The van der Waals surface area contributed by atoms with Crippen molar-refractivity contribution in [3.05, 3.63) is 22.5 Å². The van der Waals surface area contributed by atoms with E-state index in [4.69, 9.17) is 4.74 Å². The highest BCUT2D eigenvalue weighted by Crippen LogP contribution is 2.21. The van der Waals surface area contributed by atoms with Gasteiger partial charge in [-0.05, 0) is 20.9 Å². The van der Waals surface area contributed by atoms with Crippen LogP contribution in [-0.2, 0) is 11.3 Å². The molecule has 6 nitrogen and oxygen atoms in total. The van der Waals surface area contributed by atoms with Crippen LogP contribution in [0.1, 0.15) is 16.3 Å². The van der Waals surface area contributed by atoms with E-state index in [0.29, 0.717) is 13.1 Å². The van der Waals surface area contributed by atoms with Crippen LogP contribution in [-0.4, -0.2) is 76.8 Å². The molecule has 1 atom stereocenters. The quantitative estimate of drug-likeness (QED) is 0.856. The minimum atomic E-state index is -0.342. The molecule has 2 aromatic heterocycles. The number of aromatic nitrogens is 2. The number of aliphatic hydroxyl groups is 1. The molecule has 0 aromatic carbocycles. The normalized spacial score (nSPS) is 18.1. The molecular weight excluding hydrogens is 312 g/mol. The van der Waals surface area contributed by atoms with Gasteiger partial charge in [0, 0.05) is 43.8 Å². The molecule has 1 saturated heterocycles. The van der Waals surface area contributed by atoms with Gasteiger partial charge >= 0.3 is 0 Å². The lowest BCUT2D eigenvalue weighted by molar-refractivity contribution is 0.00816. The Morgan fingerprint density at radius 2 is 2.13 bits per heavy atom. The van der Waals surface area contributed by atoms with Crippen molar-refractivity contribution in [2.45, 2.75) is 26.5 Å². The molecule has 1 N–H and O–H groups in total. The Morgan fingerprint density at radius 3 is 2.87 bits per heavy atom. The summed E-state index contributed by atoms with van der Waals surface area (Å²) in [5.41, 5.74) is 2.29. The summed E-state index contributed by atoms with van der Waals surface area (Å²) in [5, 5.41) is 10.3. The number of nitrogens with zero attached hydrogens (tertiary/aromatic N) is 4. The summed E-state index contributed by atoms with van der Waals surface area (Å²) in [6.07, 6.45) is 1.80. The number of fused-ring (bicyclic) bond motifs is 1. The van der Waals surface area contributed by atoms with Gasteiger partial charge in [-0.1, -0.05) is 0 Å². The first kappa shape index (κ1) is 16.9. The van der Waals surface area contributed by atoms with Crippen molar-refractivity contribution in [1.82, 2.24) is 19.2 Å². The van der Waals surface area contributed by atoms with Gasteiger partial charge in [0.25, 0.3) is 0 Å². The molecule has 23 heavy (non-hydrogen) atoms. The molecule has 0 amide bonds. The first-order valence-corrected chi connectivity index (χ1v) is 8.95. The zero-order valence-electron chi connectivity index (χ0n) is 14.2. The zero-order valence-corrected chi connectivity index (χ0v) is 15.0. The number of thiazole rings is 1. The molecule has 2 aromatic rings. The predicted octanol–water partition coefficient (Wildman–Crippen LogP) is 1.14. The van der Waals surface area contributed by atoms with Crippen molar-refractivity contribution in [3.8, 4) is 0 Å². The van der Waals surface area contributed by atoms with Gasteiger partial charge in [0.2, 0.25) is 0 Å². The molecule has 7 heteroatoms. The number of hydrogen-bond acceptors (Lipinski definition) is 6. The Morgan fingerprint density at radius 1 is 1.39 bits per heavy atom. The van der Waals surface area contributed by atoms with E-state index in [-0.39, 0.29) is 6.10 Å². The molecule has 1 aliphatic rings. The molecule has 0 radical (unpaired) electrons. The summed E-state index contributed by atoms with van der Waals surface area (Å²) >= 11 is 1.72. The van der Waals surface area contributed by atoms with Crippen molar-refractivity contribution in [2.24, 2.45) is 0 Å². The van der Waals surface area contributed by atoms with Gasteiger partial charge in [0.1, 0.15) is 0 Å². The average Bonchev–Trinajstić information content (AvgIpc) is 2.97. The molecule has 128 valence electrons. The number of hydrogen-bond donors (Lipinski definition) is 1. The van der Waals surface area contributed by atoms with Crippen molar-refractivity contribution in [1.29, 1.82) is 0 Å². The Kier molecular flexibility index (Phi) is 5.33. The summed E-state index contributed by atoms with van der Waals surface area (Å²) < 4.78 is 7.53. The first-order chi connectivity index (χ1) is 11.0. The summed E-state index contributed by atoms with van der Waals surface area (Å²) in [5.74, 6) is 0. The Hall–Kier alpha value is -0.990. The van der Waals surface area contributed by atoms with Crippen molar-refractivity contribution < 1.29 is 9.84 Å². The zero-order chi connectivity index (χ0) is 16.4. The van der Waals surface area contributed by atoms with Crippen LogP contribution in [0.4, 0.5) is 0 Å². The van der Waals surface area contributed by atoms with Crippen LogP contribution in [0.25, 0.3) is 4.96 Å². The molecule has 0 aliphatic carbocycles. The molecule has 3 rings (SSSR count). The second-order valence-electron chi connectivity index (χ2n) is 6.40. The fourth-order valence-electron chi connectivity index (χ4n) is 3.12. The summed E-state index contributed by atoms with van der Waals surface area (Å²) in [6, 6.07) is 0. The van der Waals surface area contributed by atoms with E-state index >= 15 is 0 Å². The number of β-amino-alcohol motifs (C(OH)–C–C–N with tert-alkyl or cyclic N) is 1. The van der Waals surface area contributed by atoms with E-state index < -0.39 is 0 Å². The van der Waals surface area contributed by atoms with E-state index in [1.54, 1.807) is 11.3 Å². The lowest BCUT2D eigenvalue weighted by atomic mass is 10.2. The topological polar surface area (TPSA) is 53.2 Å². The Balaban J connectivity index is 1.57. The standard InChI is InChI=1S/C16H26N4O2S/c1-12-8-20-15(13(2)17-16(20)23-12)11-18(3)9-14(21)10-19-4-6-22-7-5-19/h8,14,21H,4-7,9-11H2,1-3H3. The van der Waals surface area contributed by atoms with Crippen molar-refractivity contribution in [3.63, 3.8) is 0 Å². The molecular formula is C16H26N4O2S. The molecule has 1 unspecified atom stereocenters. The van der Waals surface area contributed by atoms with Gasteiger partial charge in [0.05, 0.1) is 30.7 Å². The smallest absolute Gasteiger partial charge is 0.194 e. The fraction of sp³-hybridized carbons (Fsp3) is 0.688. The van der Waals surface area contributed by atoms with Crippen LogP contribution >= 0.6 is 11.3 Å². The lowest BCUT2D eigenvalue weighted by Gasteiger charge is -2.30. The van der Waals surface area contributed by atoms with Crippen molar-refractivity contribution in [2.75, 3.05) is 46.4 Å². The SMILES string of the molecule is Cc1cn2c(CN(C)CC(O)CN3CCOCC3)c(C)nc2s1. The molecule has 1 fully saturated rings. The Labute approximate surface area is 141 Å². The van der Waals surface area contributed by atoms with Crippen LogP contribution in [0.15, 0.2) is 6.20 Å². The highest BCUT2D eigenvalue weighted by Gasteiger charge is 2.18. The minimum Gasteiger partial charge on any atom is -0.390 e. The van der Waals surface area contributed by atoms with E-state index in [9.17, 15) is 5.11 Å². The highest BCUT2D eigenvalue weighted by atomic mass is 32.1. The highest BCUT2D eigenvalue weighted by molar-refractivity contribution is 7.17. The predicted molar refractivity (Wildman–Crippen MR) is 92.1 cm³/mol. The largest absolute Gasteiger partial charge is 0.390 e. The Bertz CT molecular complexity index is 648. The number of ether oxygens (including phenoxy) is 1. The van der Waals surface area contributed by atoms with E-state index in [2.05, 4.69) is 46.3 Å². The minimum absolute atomic E-state index is 0.342. The van der Waals surface area contributed by atoms with Crippen LogP contribution < -0.4 is 0 Å². The molecule has 0 saturated carbocycles. The fourth-order valence-corrected chi connectivity index (χ4v) is 4.01. The second-order valence-corrected chi connectivity index (χ2v) is 7.62. The summed E-state index contributed by atoms with van der Waals surface area (Å²) in [4.78, 5) is 11.4. The van der Waals surface area contributed by atoms with E-state index in [1.165, 1.54) is 10.6 Å². The maximum absolute atomic E-state index is 10.3. The van der Waals surface area contributed by atoms with E-state index in [0.717, 1.165) is 43.5 Å². The monoisotopic (exact) mass is 338 g/mol. The number of imidazole rings is 1. The molecule has 0 bridgehead atoms. The van der Waals surface area contributed by atoms with Gasteiger partial charge < -0.3 is 9.84 Å². The average molecular weight is 338 g/mol. The van der Waals surface area contributed by atoms with Crippen LogP contribution in [0.5, 0.6) is 0 Å². The third-order valence-electron chi connectivity index (χ3n) is 4.26. The molecule has 1 aliphatic heterocycles. The van der Waals surface area contributed by atoms with Crippen LogP contribution in [0.2, 0.25) is 0 Å². The maximum Gasteiger partial charge on any atom is 0.194 e. The maximum atomic E-state index is 10.3. The number of rotatable bonds is 6. The second kappa shape index (κ2) is 7.27. The molecule has 0 spiro atoms. The van der Waals surface area contributed by atoms with Gasteiger partial charge in [-0.25, -0.2) is 4.98 Å². The lowest BCUT2D eigenvalue weighted by Crippen LogP contribution is -2.44. The number of aryl methyl sites for hydroxylation is 2. The van der Waals surface area contributed by atoms with Crippen LogP contribution in [0.3, 0.4) is 0 Å². The summed E-state index contributed by atoms with van der Waals surface area (Å²) in [6.45, 7) is 9.70. The number of aliphatic hydroxyl groups excluding tert-OH is 1. The molecule has 3 heterocycles. The third kappa shape index (κ3) is 4.10. The van der Waals surface area contributed by atoms with E-state index in [1.807, 2.05) is 0 Å². The van der Waals surface area contributed by atoms with Crippen LogP contribution in [0, 0.1) is 13.8 Å². The van der Waals surface area contributed by atoms with Gasteiger partial charge in [-0.15, -0.1) is 11.3 Å². The van der Waals surface area contributed by atoms with Gasteiger partial charge in [-0.2, -0.15) is 0 Å². The van der Waals surface area contributed by atoms with Gasteiger partial charge in [0.15, 0.2) is 4.96 Å². The van der Waals surface area contributed by atoms with Gasteiger partial charge in [-0.3, -0.25) is 14.2 Å². The number of likely N-dealkylation sites (N-methyl/N-ethyl adjacent to an activating group) is 1. The van der Waals surface area contributed by atoms with Crippen molar-refractivity contribution >= 4 is 16.3 Å². The first-order valence-electron chi connectivity index (χ1n) is 8.13. The third-order valence-corrected chi connectivity index (χ3v) is 5.15. The summed E-state index contributed by atoms with van der Waals surface area (Å²) in [7, 11) is 2.06.